The van der Waals surface area contributed by atoms with Gasteiger partial charge in [-0.3, -0.25) is 4.79 Å². The molecule has 0 aliphatic heterocycles. The first-order valence-corrected chi connectivity index (χ1v) is 3.35. The summed E-state index contributed by atoms with van der Waals surface area (Å²) in [5.74, 6) is -0.452. The predicted octanol–water partition coefficient (Wildman–Crippen LogP) is 1.41. The first kappa shape index (κ1) is 9.76. The molecule has 4 nitrogen and oxygen atoms in total. The van der Waals surface area contributed by atoms with Crippen molar-refractivity contribution in [3.63, 3.8) is 0 Å². The second kappa shape index (κ2) is 5.54. The van der Waals surface area contributed by atoms with Crippen molar-refractivity contribution in [2.75, 3.05) is 7.11 Å². The van der Waals surface area contributed by atoms with Crippen LogP contribution in [0.3, 0.4) is 0 Å². The van der Waals surface area contributed by atoms with Gasteiger partial charge in [0.15, 0.2) is 0 Å². The van der Waals surface area contributed by atoms with Crippen molar-refractivity contribution in [3.8, 4) is 6.07 Å². The SMILES string of the molecule is COC(=O)C(C)CCC#[N+][O-]. The molecule has 0 aliphatic carbocycles. The Balaban J connectivity index is 3.57. The lowest BCUT2D eigenvalue weighted by Gasteiger charge is -2.03. The first-order valence-electron chi connectivity index (χ1n) is 3.35. The lowest BCUT2D eigenvalue weighted by atomic mass is 10.1. The van der Waals surface area contributed by atoms with Crippen molar-refractivity contribution >= 4 is 5.97 Å². The van der Waals surface area contributed by atoms with Crippen LogP contribution in [0.5, 0.6) is 0 Å². The minimum Gasteiger partial charge on any atom is -0.498 e. The summed E-state index contributed by atoms with van der Waals surface area (Å²) < 4.78 is 4.47. The highest BCUT2D eigenvalue weighted by molar-refractivity contribution is 5.71. The van der Waals surface area contributed by atoms with Crippen LogP contribution in [-0.4, -0.2) is 13.1 Å². The van der Waals surface area contributed by atoms with Crippen molar-refractivity contribution in [1.82, 2.24) is 0 Å². The van der Waals surface area contributed by atoms with Gasteiger partial charge in [0, 0.05) is 5.01 Å². The van der Waals surface area contributed by atoms with E-state index in [0.717, 1.165) is 0 Å². The summed E-state index contributed by atoms with van der Waals surface area (Å²) in [6, 6.07) is 2.22. The fourth-order valence-corrected chi connectivity index (χ4v) is 0.646. The minimum absolute atomic E-state index is 0.186. The maximum absolute atomic E-state index is 10.7. The van der Waals surface area contributed by atoms with E-state index < -0.39 is 0 Å². The number of nitrogens with zero attached hydrogens (tertiary/aromatic N) is 1. The Bertz CT molecular complexity index is 180. The number of carbonyl (C=O) groups excluding carboxylic acids is 1. The molecule has 62 valence electrons. The molecule has 1 atom stereocenters. The maximum Gasteiger partial charge on any atom is 0.308 e. The van der Waals surface area contributed by atoms with Crippen LogP contribution in [-0.2, 0) is 9.53 Å². The van der Waals surface area contributed by atoms with E-state index in [2.05, 4.69) is 15.8 Å². The quantitative estimate of drug-likeness (QED) is 0.459. The third-order valence-electron chi connectivity index (χ3n) is 1.36. The van der Waals surface area contributed by atoms with Crippen LogP contribution in [0.4, 0.5) is 0 Å². The van der Waals surface area contributed by atoms with Gasteiger partial charge in [0.25, 0.3) is 6.07 Å². The third-order valence-corrected chi connectivity index (χ3v) is 1.36. The number of esters is 1. The Morgan fingerprint density at radius 3 is 2.91 bits per heavy atom. The second-order valence-electron chi connectivity index (χ2n) is 2.21. The molecule has 11 heavy (non-hydrogen) atoms. The van der Waals surface area contributed by atoms with E-state index >= 15 is 0 Å². The van der Waals surface area contributed by atoms with Crippen LogP contribution in [0.2, 0.25) is 0 Å². The highest BCUT2D eigenvalue weighted by Crippen LogP contribution is 2.05. The summed E-state index contributed by atoms with van der Waals surface area (Å²) in [6.07, 6.45) is 0.957. The van der Waals surface area contributed by atoms with E-state index in [1.165, 1.54) is 7.11 Å². The van der Waals surface area contributed by atoms with Crippen LogP contribution in [0.15, 0.2) is 0 Å². The number of carbonyl (C=O) groups is 1. The summed E-state index contributed by atoms with van der Waals surface area (Å²) in [7, 11) is 1.34. The largest absolute Gasteiger partial charge is 0.498 e. The van der Waals surface area contributed by atoms with Gasteiger partial charge in [-0.2, -0.15) is 0 Å². The zero-order valence-corrected chi connectivity index (χ0v) is 6.66. The number of hydrogen-bond donors (Lipinski definition) is 0. The molecule has 0 amide bonds. The highest BCUT2D eigenvalue weighted by Gasteiger charge is 2.12. The summed E-state index contributed by atoms with van der Waals surface area (Å²) in [4.78, 5) is 10.7. The highest BCUT2D eigenvalue weighted by atomic mass is 16.5. The Morgan fingerprint density at radius 1 is 1.82 bits per heavy atom. The topological polar surface area (TPSA) is 53.7 Å². The number of ether oxygens (including phenoxy) is 1. The van der Waals surface area contributed by atoms with E-state index in [-0.39, 0.29) is 11.9 Å². The average molecular weight is 157 g/mol. The van der Waals surface area contributed by atoms with Gasteiger partial charge in [-0.05, 0) is 6.42 Å². The molecule has 4 heteroatoms. The van der Waals surface area contributed by atoms with Gasteiger partial charge < -0.3 is 9.94 Å². The Labute approximate surface area is 65.6 Å². The van der Waals surface area contributed by atoms with E-state index in [9.17, 15) is 10.0 Å². The maximum atomic E-state index is 10.7. The van der Waals surface area contributed by atoms with Crippen molar-refractivity contribution in [2.45, 2.75) is 19.8 Å². The third kappa shape index (κ3) is 4.20. The zero-order chi connectivity index (χ0) is 8.69. The average Bonchev–Trinajstić information content (AvgIpc) is 2.03. The van der Waals surface area contributed by atoms with Crippen molar-refractivity contribution in [1.29, 1.82) is 0 Å². The molecule has 1 unspecified atom stereocenters. The monoisotopic (exact) mass is 157 g/mol. The smallest absolute Gasteiger partial charge is 0.308 e. The van der Waals surface area contributed by atoms with Crippen molar-refractivity contribution < 1.29 is 9.53 Å². The number of rotatable bonds is 3. The lowest BCUT2D eigenvalue weighted by Crippen LogP contribution is -2.11. The molecule has 0 fully saturated rings. The van der Waals surface area contributed by atoms with Gasteiger partial charge in [-0.15, -0.1) is 0 Å². The van der Waals surface area contributed by atoms with Crippen molar-refractivity contribution in [2.24, 2.45) is 5.92 Å². The predicted molar refractivity (Wildman–Crippen MR) is 41.0 cm³/mol. The van der Waals surface area contributed by atoms with Gasteiger partial charge in [0.1, 0.15) is 0 Å². The number of hydrogen-bond acceptors (Lipinski definition) is 3. The molecular weight excluding hydrogens is 146 g/mol. The lowest BCUT2D eigenvalue weighted by molar-refractivity contribution is -0.144. The van der Waals surface area contributed by atoms with Gasteiger partial charge >= 0.3 is 5.97 Å². The van der Waals surface area contributed by atoms with E-state index in [0.29, 0.717) is 12.8 Å². The zero-order valence-electron chi connectivity index (χ0n) is 6.66. The summed E-state index contributed by atoms with van der Waals surface area (Å²) >= 11 is 0. The van der Waals surface area contributed by atoms with Crippen LogP contribution < -0.4 is 0 Å². The summed E-state index contributed by atoms with van der Waals surface area (Å²) in [5.41, 5.74) is 0. The first-order chi connectivity index (χ1) is 5.22. The molecule has 0 aliphatic rings. The molecule has 0 bridgehead atoms. The molecule has 0 saturated heterocycles. The second-order valence-corrected chi connectivity index (χ2v) is 2.21. The molecule has 0 heterocycles. The van der Waals surface area contributed by atoms with Gasteiger partial charge in [0.05, 0.1) is 19.4 Å². The van der Waals surface area contributed by atoms with Crippen LogP contribution in [0, 0.1) is 17.2 Å². The van der Waals surface area contributed by atoms with Gasteiger partial charge in [-0.25, -0.2) is 0 Å². The number of methoxy groups -OCH3 is 1. The summed E-state index contributed by atoms with van der Waals surface area (Å²) in [6.45, 7) is 1.73. The summed E-state index contributed by atoms with van der Waals surface area (Å²) in [5, 5.41) is 12.0. The fraction of sp³-hybridized carbons (Fsp3) is 0.714. The Hall–Kier alpha value is -1.24. The molecule has 0 N–H and O–H groups in total. The minimum atomic E-state index is -0.266. The van der Waals surface area contributed by atoms with Gasteiger partial charge in [0.2, 0.25) is 0 Å². The van der Waals surface area contributed by atoms with E-state index in [1.807, 2.05) is 0 Å². The molecule has 0 rings (SSSR count). The van der Waals surface area contributed by atoms with Crippen LogP contribution in [0.1, 0.15) is 19.8 Å². The standard InChI is InChI=1S/C7H11NO3/c1-6(7(9)11-2)4-3-5-8-10/h6H,3-4H2,1-2H3. The van der Waals surface area contributed by atoms with Crippen LogP contribution in [0.25, 0.3) is 5.01 Å². The molecule has 0 spiro atoms. The Kier molecular flexibility index (Phi) is 4.91. The molecule has 0 aromatic heterocycles. The molecular formula is C7H11NO3. The fourth-order valence-electron chi connectivity index (χ4n) is 0.646. The normalized spacial score (nSPS) is 11.1. The van der Waals surface area contributed by atoms with Crippen molar-refractivity contribution in [3.05, 3.63) is 10.2 Å². The molecule has 0 radical (unpaired) electrons. The molecule has 0 aromatic carbocycles. The molecule has 0 saturated carbocycles. The Morgan fingerprint density at radius 2 is 2.45 bits per heavy atom. The van der Waals surface area contributed by atoms with E-state index in [1.54, 1.807) is 6.92 Å². The van der Waals surface area contributed by atoms with Gasteiger partial charge in [-0.1, -0.05) is 6.92 Å². The molecule has 0 aromatic rings. The van der Waals surface area contributed by atoms with Crippen LogP contribution >= 0.6 is 0 Å². The van der Waals surface area contributed by atoms with E-state index in [4.69, 9.17) is 0 Å².